The summed E-state index contributed by atoms with van der Waals surface area (Å²) in [4.78, 5) is 10.9. The van der Waals surface area contributed by atoms with E-state index in [0.29, 0.717) is 13.1 Å². The molecule has 0 saturated carbocycles. The zero-order valence-corrected chi connectivity index (χ0v) is 8.92. The Bertz CT molecular complexity index is 308. The number of nitrogens with two attached hydrogens (primary N) is 1. The van der Waals surface area contributed by atoms with E-state index < -0.39 is 0 Å². The van der Waals surface area contributed by atoms with Crippen LogP contribution in [0.3, 0.4) is 0 Å². The van der Waals surface area contributed by atoms with Crippen LogP contribution in [-0.4, -0.2) is 19.6 Å². The summed E-state index contributed by atoms with van der Waals surface area (Å²) >= 11 is 0. The maximum Gasteiger partial charge on any atom is 0.314 e. The quantitative estimate of drug-likeness (QED) is 0.677. The number of urea groups is 1. The Labute approximate surface area is 89.9 Å². The van der Waals surface area contributed by atoms with Crippen LogP contribution in [0, 0.1) is 0 Å². The monoisotopic (exact) mass is 207 g/mol. The average molecular weight is 207 g/mol. The third-order valence-corrected chi connectivity index (χ3v) is 2.14. The van der Waals surface area contributed by atoms with Crippen molar-refractivity contribution >= 4 is 6.03 Å². The first-order chi connectivity index (χ1) is 7.26. The maximum absolute atomic E-state index is 10.9. The highest BCUT2D eigenvalue weighted by Gasteiger charge is 1.97. The van der Waals surface area contributed by atoms with E-state index in [-0.39, 0.29) is 6.03 Å². The first-order valence-electron chi connectivity index (χ1n) is 4.99. The molecular formula is C11H17N3O. The Morgan fingerprint density at radius 1 is 1.27 bits per heavy atom. The molecule has 4 nitrogen and oxygen atoms in total. The van der Waals surface area contributed by atoms with Crippen molar-refractivity contribution in [2.45, 2.75) is 13.0 Å². The van der Waals surface area contributed by atoms with Gasteiger partial charge in [-0.05, 0) is 24.1 Å². The molecule has 1 aromatic carbocycles. The molecule has 4 heteroatoms. The molecule has 0 aromatic heterocycles. The van der Waals surface area contributed by atoms with Crippen molar-refractivity contribution in [3.63, 3.8) is 0 Å². The summed E-state index contributed by atoms with van der Waals surface area (Å²) in [7, 11) is 1.60. The fourth-order valence-corrected chi connectivity index (χ4v) is 1.26. The molecule has 82 valence electrons. The van der Waals surface area contributed by atoms with Gasteiger partial charge in [-0.1, -0.05) is 24.3 Å². The molecular weight excluding hydrogens is 190 g/mol. The summed E-state index contributed by atoms with van der Waals surface area (Å²) in [5.41, 5.74) is 7.76. The van der Waals surface area contributed by atoms with Crippen LogP contribution in [-0.2, 0) is 13.0 Å². The van der Waals surface area contributed by atoms with Crippen molar-refractivity contribution in [1.82, 2.24) is 10.6 Å². The van der Waals surface area contributed by atoms with Crippen LogP contribution in [0.5, 0.6) is 0 Å². The van der Waals surface area contributed by atoms with Gasteiger partial charge in [0.2, 0.25) is 0 Å². The number of benzene rings is 1. The molecule has 0 spiro atoms. The average Bonchev–Trinajstić information content (AvgIpc) is 2.28. The lowest BCUT2D eigenvalue weighted by atomic mass is 10.1. The van der Waals surface area contributed by atoms with Crippen LogP contribution in [0.1, 0.15) is 11.1 Å². The van der Waals surface area contributed by atoms with E-state index in [1.165, 1.54) is 5.56 Å². The van der Waals surface area contributed by atoms with Gasteiger partial charge in [-0.2, -0.15) is 0 Å². The van der Waals surface area contributed by atoms with Gasteiger partial charge in [0, 0.05) is 13.6 Å². The topological polar surface area (TPSA) is 67.2 Å². The summed E-state index contributed by atoms with van der Waals surface area (Å²) in [6.07, 6.45) is 0.892. The molecule has 0 fully saturated rings. The predicted octanol–water partition coefficient (Wildman–Crippen LogP) is 0.617. The van der Waals surface area contributed by atoms with Gasteiger partial charge in [0.05, 0.1) is 0 Å². The number of carbonyl (C=O) groups excluding carboxylic acids is 1. The fraction of sp³-hybridized carbons (Fsp3) is 0.364. The molecule has 4 N–H and O–H groups in total. The van der Waals surface area contributed by atoms with Gasteiger partial charge in [-0.3, -0.25) is 0 Å². The first-order valence-corrected chi connectivity index (χ1v) is 4.99. The van der Waals surface area contributed by atoms with Gasteiger partial charge in [-0.15, -0.1) is 0 Å². The van der Waals surface area contributed by atoms with Gasteiger partial charge in [0.15, 0.2) is 0 Å². The molecule has 0 heterocycles. The molecule has 15 heavy (non-hydrogen) atoms. The van der Waals surface area contributed by atoms with Crippen LogP contribution >= 0.6 is 0 Å². The van der Waals surface area contributed by atoms with E-state index in [1.54, 1.807) is 7.05 Å². The molecule has 2 amide bonds. The van der Waals surface area contributed by atoms with Crippen molar-refractivity contribution < 1.29 is 4.79 Å². The third kappa shape index (κ3) is 3.99. The van der Waals surface area contributed by atoms with Crippen molar-refractivity contribution in [1.29, 1.82) is 0 Å². The number of hydrogen-bond acceptors (Lipinski definition) is 2. The summed E-state index contributed by atoms with van der Waals surface area (Å²) in [6.45, 7) is 1.21. The maximum atomic E-state index is 10.9. The molecule has 0 aliphatic heterocycles. The Hall–Kier alpha value is -1.55. The summed E-state index contributed by atoms with van der Waals surface area (Å²) in [6, 6.07) is 7.91. The molecule has 0 unspecified atom stereocenters. The molecule has 1 rings (SSSR count). The number of rotatable bonds is 4. The molecule has 0 aliphatic carbocycles. The summed E-state index contributed by atoms with van der Waals surface area (Å²) in [5, 5.41) is 5.23. The second-order valence-corrected chi connectivity index (χ2v) is 3.29. The molecule has 0 radical (unpaired) electrons. The number of hydrogen-bond donors (Lipinski definition) is 3. The minimum atomic E-state index is -0.166. The zero-order valence-electron chi connectivity index (χ0n) is 8.92. The van der Waals surface area contributed by atoms with E-state index in [4.69, 9.17) is 5.73 Å². The molecule has 0 atom stereocenters. The van der Waals surface area contributed by atoms with Gasteiger partial charge in [-0.25, -0.2) is 4.79 Å². The van der Waals surface area contributed by atoms with Crippen LogP contribution < -0.4 is 16.4 Å². The van der Waals surface area contributed by atoms with Gasteiger partial charge < -0.3 is 16.4 Å². The summed E-state index contributed by atoms with van der Waals surface area (Å²) < 4.78 is 0. The first kappa shape index (κ1) is 11.5. The van der Waals surface area contributed by atoms with Gasteiger partial charge >= 0.3 is 6.03 Å². The second kappa shape index (κ2) is 6.03. The SMILES string of the molecule is CNC(=O)NCc1ccc(CCN)cc1. The smallest absolute Gasteiger partial charge is 0.314 e. The minimum Gasteiger partial charge on any atom is -0.341 e. The van der Waals surface area contributed by atoms with E-state index in [1.807, 2.05) is 24.3 Å². The van der Waals surface area contributed by atoms with E-state index in [9.17, 15) is 4.79 Å². The van der Waals surface area contributed by atoms with Crippen LogP contribution in [0.15, 0.2) is 24.3 Å². The fourth-order valence-electron chi connectivity index (χ4n) is 1.26. The largest absolute Gasteiger partial charge is 0.341 e. The van der Waals surface area contributed by atoms with E-state index in [2.05, 4.69) is 10.6 Å². The molecule has 0 aliphatic rings. The molecule has 1 aromatic rings. The number of carbonyl (C=O) groups is 1. The second-order valence-electron chi connectivity index (χ2n) is 3.29. The lowest BCUT2D eigenvalue weighted by Crippen LogP contribution is -2.32. The van der Waals surface area contributed by atoms with E-state index >= 15 is 0 Å². The minimum absolute atomic E-state index is 0.166. The Morgan fingerprint density at radius 2 is 1.87 bits per heavy atom. The van der Waals surface area contributed by atoms with Crippen molar-refractivity contribution in [2.24, 2.45) is 5.73 Å². The molecule has 0 bridgehead atoms. The number of amides is 2. The Balaban J connectivity index is 2.45. The van der Waals surface area contributed by atoms with Crippen molar-refractivity contribution in [3.05, 3.63) is 35.4 Å². The normalized spacial score (nSPS) is 9.73. The standard InChI is InChI=1S/C11H17N3O/c1-13-11(15)14-8-10-4-2-9(3-5-10)6-7-12/h2-5H,6-8,12H2,1H3,(H2,13,14,15). The zero-order chi connectivity index (χ0) is 11.1. The predicted molar refractivity (Wildman–Crippen MR) is 60.5 cm³/mol. The highest BCUT2D eigenvalue weighted by atomic mass is 16.2. The van der Waals surface area contributed by atoms with Crippen LogP contribution in [0.4, 0.5) is 4.79 Å². The Kier molecular flexibility index (Phi) is 4.63. The van der Waals surface area contributed by atoms with Gasteiger partial charge in [0.25, 0.3) is 0 Å². The van der Waals surface area contributed by atoms with Gasteiger partial charge in [0.1, 0.15) is 0 Å². The van der Waals surface area contributed by atoms with Crippen molar-refractivity contribution in [3.8, 4) is 0 Å². The van der Waals surface area contributed by atoms with Crippen LogP contribution in [0.25, 0.3) is 0 Å². The summed E-state index contributed by atoms with van der Waals surface area (Å²) in [5.74, 6) is 0. The third-order valence-electron chi connectivity index (χ3n) is 2.14. The van der Waals surface area contributed by atoms with E-state index in [0.717, 1.165) is 12.0 Å². The molecule has 0 saturated heterocycles. The number of nitrogens with one attached hydrogen (secondary N) is 2. The lowest BCUT2D eigenvalue weighted by molar-refractivity contribution is 0.242. The van der Waals surface area contributed by atoms with Crippen LogP contribution in [0.2, 0.25) is 0 Å². The Morgan fingerprint density at radius 3 is 2.40 bits per heavy atom. The van der Waals surface area contributed by atoms with Crippen molar-refractivity contribution in [2.75, 3.05) is 13.6 Å². The highest BCUT2D eigenvalue weighted by molar-refractivity contribution is 5.73. The highest BCUT2D eigenvalue weighted by Crippen LogP contribution is 2.04. The lowest BCUT2D eigenvalue weighted by Gasteiger charge is -2.05.